The third kappa shape index (κ3) is 9.04. The van der Waals surface area contributed by atoms with Crippen molar-refractivity contribution in [3.63, 3.8) is 0 Å². The first-order chi connectivity index (χ1) is 14.9. The van der Waals surface area contributed by atoms with Crippen LogP contribution in [0, 0.1) is 0 Å². The molecular formula is C21H31N3O7S. The molecule has 0 unspecified atom stereocenters. The third-order valence-electron chi connectivity index (χ3n) is 4.16. The van der Waals surface area contributed by atoms with Crippen LogP contribution in [-0.4, -0.2) is 71.1 Å². The standard InChI is InChI=1S/C21H31N3O7S/c1-13(25)22-12-24(20(29)31-21(2,3)4)17(11-32)18(27)23-16(19(28)30-5)10-14-6-8-15(26)9-7-14/h6-9,16-17,26,32H,10-12H2,1-5H3,(H,22,25)(H,23,27)/t16-,17-/m0/s1. The fraction of sp³-hybridized carbons (Fsp3) is 0.524. The Morgan fingerprint density at radius 1 is 1.16 bits per heavy atom. The van der Waals surface area contributed by atoms with Crippen LogP contribution in [0.3, 0.4) is 0 Å². The molecule has 0 saturated heterocycles. The zero-order valence-corrected chi connectivity index (χ0v) is 19.8. The lowest BCUT2D eigenvalue weighted by Gasteiger charge is -2.32. The van der Waals surface area contributed by atoms with Gasteiger partial charge in [0.15, 0.2) is 0 Å². The maximum Gasteiger partial charge on any atom is 0.412 e. The van der Waals surface area contributed by atoms with E-state index in [1.807, 2.05) is 0 Å². The van der Waals surface area contributed by atoms with Crippen LogP contribution in [0.5, 0.6) is 5.75 Å². The minimum atomic E-state index is -1.15. The van der Waals surface area contributed by atoms with E-state index in [2.05, 4.69) is 23.3 Å². The Bertz CT molecular complexity index is 809. The second-order valence-electron chi connectivity index (χ2n) is 7.99. The fourth-order valence-corrected chi connectivity index (χ4v) is 2.98. The highest BCUT2D eigenvalue weighted by molar-refractivity contribution is 7.80. The highest BCUT2D eigenvalue weighted by Gasteiger charge is 2.34. The van der Waals surface area contributed by atoms with Gasteiger partial charge in [0.1, 0.15) is 23.4 Å². The summed E-state index contributed by atoms with van der Waals surface area (Å²) in [6.45, 7) is 5.99. The van der Waals surface area contributed by atoms with Crippen molar-refractivity contribution in [1.29, 1.82) is 0 Å². The first kappa shape index (κ1) is 27.1. The molecule has 0 aromatic heterocycles. The van der Waals surface area contributed by atoms with Crippen molar-refractivity contribution >= 4 is 36.5 Å². The average Bonchev–Trinajstić information content (AvgIpc) is 2.69. The third-order valence-corrected chi connectivity index (χ3v) is 4.50. The molecule has 32 heavy (non-hydrogen) atoms. The molecule has 0 heterocycles. The van der Waals surface area contributed by atoms with E-state index in [0.29, 0.717) is 5.56 Å². The topological polar surface area (TPSA) is 134 Å². The quantitative estimate of drug-likeness (QED) is 0.243. The number of phenols is 1. The molecule has 0 fully saturated rings. The summed E-state index contributed by atoms with van der Waals surface area (Å²) in [6, 6.07) is 3.93. The van der Waals surface area contributed by atoms with E-state index in [0.717, 1.165) is 4.90 Å². The Morgan fingerprint density at radius 2 is 1.75 bits per heavy atom. The number of phenolic OH excluding ortho intramolecular Hbond substituents is 1. The van der Waals surface area contributed by atoms with Crippen molar-refractivity contribution in [2.24, 2.45) is 0 Å². The molecule has 3 amide bonds. The molecule has 1 rings (SSSR count). The number of methoxy groups -OCH3 is 1. The van der Waals surface area contributed by atoms with Crippen molar-refractivity contribution in [3.8, 4) is 5.75 Å². The van der Waals surface area contributed by atoms with E-state index in [1.54, 1.807) is 32.9 Å². The van der Waals surface area contributed by atoms with E-state index in [4.69, 9.17) is 9.47 Å². The van der Waals surface area contributed by atoms with Gasteiger partial charge in [0.05, 0.1) is 13.8 Å². The molecule has 0 spiro atoms. The molecule has 2 atom stereocenters. The molecule has 1 aromatic carbocycles. The second-order valence-corrected chi connectivity index (χ2v) is 8.36. The molecule has 0 bridgehead atoms. The van der Waals surface area contributed by atoms with Crippen molar-refractivity contribution in [2.75, 3.05) is 19.5 Å². The van der Waals surface area contributed by atoms with Gasteiger partial charge in [-0.3, -0.25) is 14.5 Å². The van der Waals surface area contributed by atoms with Gasteiger partial charge in [0.2, 0.25) is 11.8 Å². The first-order valence-electron chi connectivity index (χ1n) is 9.89. The SMILES string of the molecule is COC(=O)[C@H](Cc1ccc(O)cc1)NC(=O)[C@H](CS)N(CNC(C)=O)C(=O)OC(C)(C)C. The van der Waals surface area contributed by atoms with Crippen molar-refractivity contribution in [3.05, 3.63) is 29.8 Å². The number of esters is 1. The van der Waals surface area contributed by atoms with Gasteiger partial charge in [-0.1, -0.05) is 12.1 Å². The Kier molecular flexibility index (Phi) is 10.3. The van der Waals surface area contributed by atoms with Gasteiger partial charge in [-0.25, -0.2) is 9.59 Å². The van der Waals surface area contributed by atoms with Crippen LogP contribution in [-0.2, 0) is 30.3 Å². The lowest BCUT2D eigenvalue weighted by Crippen LogP contribution is -2.57. The number of benzene rings is 1. The first-order valence-corrected chi connectivity index (χ1v) is 10.5. The van der Waals surface area contributed by atoms with Gasteiger partial charge in [0.25, 0.3) is 0 Å². The van der Waals surface area contributed by atoms with Gasteiger partial charge < -0.3 is 25.2 Å². The van der Waals surface area contributed by atoms with Crippen LogP contribution in [0.4, 0.5) is 4.79 Å². The van der Waals surface area contributed by atoms with Crippen molar-refractivity contribution in [2.45, 2.75) is 51.8 Å². The molecule has 0 saturated carbocycles. The maximum absolute atomic E-state index is 13.0. The molecule has 178 valence electrons. The van der Waals surface area contributed by atoms with E-state index in [1.165, 1.54) is 26.2 Å². The number of hydrogen-bond acceptors (Lipinski definition) is 8. The van der Waals surface area contributed by atoms with E-state index < -0.39 is 41.6 Å². The number of ether oxygens (including phenoxy) is 2. The Labute approximate surface area is 193 Å². The summed E-state index contributed by atoms with van der Waals surface area (Å²) in [4.78, 5) is 50.4. The van der Waals surface area contributed by atoms with E-state index >= 15 is 0 Å². The minimum Gasteiger partial charge on any atom is -0.508 e. The summed E-state index contributed by atoms with van der Waals surface area (Å²) in [5.41, 5.74) is -0.167. The highest BCUT2D eigenvalue weighted by Crippen LogP contribution is 2.15. The Balaban J connectivity index is 3.09. The second kappa shape index (κ2) is 12.2. The van der Waals surface area contributed by atoms with Crippen LogP contribution in [0.25, 0.3) is 0 Å². The van der Waals surface area contributed by atoms with Gasteiger partial charge in [-0.15, -0.1) is 0 Å². The Hall–Kier alpha value is -2.95. The van der Waals surface area contributed by atoms with Gasteiger partial charge in [-0.05, 0) is 38.5 Å². The van der Waals surface area contributed by atoms with Crippen LogP contribution >= 0.6 is 12.6 Å². The molecule has 0 aliphatic rings. The predicted molar refractivity (Wildman–Crippen MR) is 120 cm³/mol. The molecule has 0 aliphatic heterocycles. The molecule has 10 nitrogen and oxygen atoms in total. The summed E-state index contributed by atoms with van der Waals surface area (Å²) in [6.07, 6.45) is -0.732. The number of carbonyl (C=O) groups excluding carboxylic acids is 4. The molecule has 0 aliphatic carbocycles. The fourth-order valence-electron chi connectivity index (χ4n) is 2.61. The largest absolute Gasteiger partial charge is 0.508 e. The lowest BCUT2D eigenvalue weighted by molar-refractivity contribution is -0.145. The molecule has 11 heteroatoms. The number of hydrogen-bond donors (Lipinski definition) is 4. The van der Waals surface area contributed by atoms with Crippen LogP contribution in [0.2, 0.25) is 0 Å². The zero-order chi connectivity index (χ0) is 24.5. The predicted octanol–water partition coefficient (Wildman–Crippen LogP) is 1.22. The molecule has 0 radical (unpaired) electrons. The summed E-state index contributed by atoms with van der Waals surface area (Å²) in [5.74, 6) is -1.80. The molecule has 3 N–H and O–H groups in total. The number of aromatic hydroxyl groups is 1. The van der Waals surface area contributed by atoms with Gasteiger partial charge >= 0.3 is 12.1 Å². The molecule has 1 aromatic rings. The summed E-state index contributed by atoms with van der Waals surface area (Å²) >= 11 is 4.19. The average molecular weight is 470 g/mol. The monoisotopic (exact) mass is 469 g/mol. The zero-order valence-electron chi connectivity index (χ0n) is 18.9. The Morgan fingerprint density at radius 3 is 2.22 bits per heavy atom. The summed E-state index contributed by atoms with van der Waals surface area (Å²) < 4.78 is 10.1. The summed E-state index contributed by atoms with van der Waals surface area (Å²) in [5, 5.41) is 14.5. The van der Waals surface area contributed by atoms with E-state index in [9.17, 15) is 24.3 Å². The smallest absolute Gasteiger partial charge is 0.412 e. The number of rotatable bonds is 9. The normalized spacial score (nSPS) is 12.8. The minimum absolute atomic E-state index is 0.0634. The van der Waals surface area contributed by atoms with Gasteiger partial charge in [-0.2, -0.15) is 12.6 Å². The maximum atomic E-state index is 13.0. The van der Waals surface area contributed by atoms with Crippen molar-refractivity contribution < 1.29 is 33.8 Å². The van der Waals surface area contributed by atoms with Crippen LogP contribution < -0.4 is 10.6 Å². The number of carbonyl (C=O) groups is 4. The number of amides is 3. The number of thiol groups is 1. The van der Waals surface area contributed by atoms with Gasteiger partial charge in [0, 0.05) is 19.1 Å². The number of nitrogens with zero attached hydrogens (tertiary/aromatic N) is 1. The van der Waals surface area contributed by atoms with E-state index in [-0.39, 0.29) is 24.6 Å². The van der Waals surface area contributed by atoms with Crippen molar-refractivity contribution in [1.82, 2.24) is 15.5 Å². The lowest BCUT2D eigenvalue weighted by atomic mass is 10.1. The van der Waals surface area contributed by atoms with Crippen LogP contribution in [0.15, 0.2) is 24.3 Å². The highest BCUT2D eigenvalue weighted by atomic mass is 32.1. The summed E-state index contributed by atoms with van der Waals surface area (Å²) in [7, 11) is 1.19. The molecular weight excluding hydrogens is 438 g/mol. The number of nitrogens with one attached hydrogen (secondary N) is 2. The van der Waals surface area contributed by atoms with Crippen LogP contribution in [0.1, 0.15) is 33.3 Å².